The minimum Gasteiger partial charge on any atom is -0.299 e. The molecule has 2 bridgehead atoms. The summed E-state index contributed by atoms with van der Waals surface area (Å²) in [5.41, 5.74) is -1.76. The van der Waals surface area contributed by atoms with Gasteiger partial charge in [-0.2, -0.15) is 25.6 Å². The van der Waals surface area contributed by atoms with Gasteiger partial charge in [-0.05, 0) is 24.2 Å². The molecule has 2 saturated carbocycles. The highest BCUT2D eigenvalue weighted by Gasteiger charge is 2.65. The van der Waals surface area contributed by atoms with Gasteiger partial charge in [0, 0.05) is 6.42 Å². The van der Waals surface area contributed by atoms with Crippen LogP contribution in [-0.2, 0) is 33.4 Å². The van der Waals surface area contributed by atoms with Crippen LogP contribution in [0.4, 0.5) is 8.78 Å². The molecular formula is C13H20F2O7S2. The van der Waals surface area contributed by atoms with Crippen molar-refractivity contribution < 1.29 is 38.8 Å². The van der Waals surface area contributed by atoms with Gasteiger partial charge in [0.1, 0.15) is 12.4 Å². The van der Waals surface area contributed by atoms with E-state index in [0.29, 0.717) is 20.0 Å². The van der Waals surface area contributed by atoms with Crippen molar-refractivity contribution in [2.45, 2.75) is 38.4 Å². The predicted octanol–water partition coefficient (Wildman–Crippen LogP) is 1.30. The topological polar surface area (TPSA) is 104 Å². The number of hydrogen-bond acceptors (Lipinski definition) is 7. The minimum absolute atomic E-state index is 0.0514. The highest BCUT2D eigenvalue weighted by Crippen LogP contribution is 2.64. The lowest BCUT2D eigenvalue weighted by atomic mass is 9.70. The van der Waals surface area contributed by atoms with E-state index in [9.17, 15) is 30.4 Å². The largest absolute Gasteiger partial charge is 0.394 e. The van der Waals surface area contributed by atoms with E-state index in [1.807, 2.05) is 0 Å². The standard InChI is InChI=1S/C13H20F2O7S2/c1-11(2)9-4-5-12(11,10(16)6-9)8-23(17,18)22-7-13(14,15)24(19,20)21-3/h9H,4-8H2,1-3H3. The van der Waals surface area contributed by atoms with Gasteiger partial charge >= 0.3 is 15.4 Å². The van der Waals surface area contributed by atoms with Crippen molar-refractivity contribution in [1.82, 2.24) is 0 Å². The highest BCUT2D eigenvalue weighted by atomic mass is 32.2. The zero-order chi connectivity index (χ0) is 18.6. The molecule has 0 amide bonds. The van der Waals surface area contributed by atoms with Crippen molar-refractivity contribution in [3.8, 4) is 0 Å². The number of hydrogen-bond donors (Lipinski definition) is 0. The molecule has 0 saturated heterocycles. The first-order valence-electron chi connectivity index (χ1n) is 7.29. The summed E-state index contributed by atoms with van der Waals surface area (Å²) in [6, 6.07) is 0. The highest BCUT2D eigenvalue weighted by molar-refractivity contribution is 7.88. The third kappa shape index (κ3) is 2.89. The molecule has 0 spiro atoms. The Hall–Kier alpha value is -0.650. The summed E-state index contributed by atoms with van der Waals surface area (Å²) >= 11 is 0. The summed E-state index contributed by atoms with van der Waals surface area (Å²) in [5, 5.41) is -4.51. The Morgan fingerprint density at radius 2 is 1.83 bits per heavy atom. The smallest absolute Gasteiger partial charge is 0.299 e. The molecule has 0 radical (unpaired) electrons. The number of rotatable bonds is 7. The van der Waals surface area contributed by atoms with Gasteiger partial charge < -0.3 is 0 Å². The van der Waals surface area contributed by atoms with E-state index in [1.54, 1.807) is 13.8 Å². The number of carbonyl (C=O) groups is 1. The van der Waals surface area contributed by atoms with Gasteiger partial charge in [-0.15, -0.1) is 0 Å². The van der Waals surface area contributed by atoms with Gasteiger partial charge in [-0.1, -0.05) is 13.8 Å². The van der Waals surface area contributed by atoms with Gasteiger partial charge in [0.2, 0.25) is 0 Å². The third-order valence-electron chi connectivity index (χ3n) is 5.55. The van der Waals surface area contributed by atoms with Crippen LogP contribution in [0.25, 0.3) is 0 Å². The van der Waals surface area contributed by atoms with Crippen molar-refractivity contribution in [2.24, 2.45) is 16.7 Å². The Morgan fingerprint density at radius 1 is 1.25 bits per heavy atom. The van der Waals surface area contributed by atoms with Gasteiger partial charge in [0.25, 0.3) is 10.1 Å². The van der Waals surface area contributed by atoms with Crippen LogP contribution in [0.3, 0.4) is 0 Å². The lowest BCUT2D eigenvalue weighted by Gasteiger charge is -2.35. The summed E-state index contributed by atoms with van der Waals surface area (Å²) in [4.78, 5) is 12.3. The lowest BCUT2D eigenvalue weighted by Crippen LogP contribution is -2.43. The maximum absolute atomic E-state index is 13.5. The molecule has 0 aromatic carbocycles. The second-order valence-corrected chi connectivity index (χ2v) is 10.4. The summed E-state index contributed by atoms with van der Waals surface area (Å²) in [6.07, 6.45) is 1.29. The average molecular weight is 390 g/mol. The SMILES string of the molecule is COS(=O)(=O)C(F)(F)COS(=O)(=O)CC12CCC(CC1=O)C2(C)C. The van der Waals surface area contributed by atoms with Crippen LogP contribution >= 0.6 is 0 Å². The minimum atomic E-state index is -5.28. The molecule has 24 heavy (non-hydrogen) atoms. The zero-order valence-corrected chi connectivity index (χ0v) is 15.2. The average Bonchev–Trinajstić information content (AvgIpc) is 2.79. The summed E-state index contributed by atoms with van der Waals surface area (Å²) in [7, 11) is -9.28. The number of Topliss-reactive ketones (excluding diaryl/α,β-unsaturated/α-hetero) is 1. The molecule has 0 aromatic rings. The quantitative estimate of drug-likeness (QED) is 0.604. The number of fused-ring (bicyclic) bond motifs is 2. The fourth-order valence-electron chi connectivity index (χ4n) is 3.80. The molecule has 11 heteroatoms. The van der Waals surface area contributed by atoms with Crippen LogP contribution < -0.4 is 0 Å². The third-order valence-corrected chi connectivity index (χ3v) is 8.17. The van der Waals surface area contributed by atoms with E-state index in [4.69, 9.17) is 0 Å². The van der Waals surface area contributed by atoms with Crippen LogP contribution in [0, 0.1) is 16.7 Å². The van der Waals surface area contributed by atoms with Crippen molar-refractivity contribution in [3.05, 3.63) is 0 Å². The first-order chi connectivity index (χ1) is 10.7. The van der Waals surface area contributed by atoms with Crippen LogP contribution in [0.2, 0.25) is 0 Å². The molecule has 2 fully saturated rings. The van der Waals surface area contributed by atoms with Gasteiger partial charge in [0.05, 0.1) is 18.3 Å². The van der Waals surface area contributed by atoms with Gasteiger partial charge in [-0.3, -0.25) is 13.2 Å². The Kier molecular flexibility index (Phi) is 4.66. The number of carbonyl (C=O) groups excluding carboxylic acids is 1. The van der Waals surface area contributed by atoms with Crippen LogP contribution in [0.5, 0.6) is 0 Å². The number of halogens is 2. The second kappa shape index (κ2) is 5.68. The fourth-order valence-corrected chi connectivity index (χ4v) is 6.02. The first-order valence-corrected chi connectivity index (χ1v) is 10.3. The molecule has 2 rings (SSSR count). The monoisotopic (exact) mass is 390 g/mol. The molecule has 7 nitrogen and oxygen atoms in total. The van der Waals surface area contributed by atoms with E-state index in [-0.39, 0.29) is 18.1 Å². The molecule has 0 N–H and O–H groups in total. The molecule has 140 valence electrons. The molecule has 0 aliphatic heterocycles. The maximum atomic E-state index is 13.5. The zero-order valence-electron chi connectivity index (χ0n) is 13.5. The van der Waals surface area contributed by atoms with Crippen molar-refractivity contribution >= 4 is 26.0 Å². The van der Waals surface area contributed by atoms with E-state index in [2.05, 4.69) is 8.37 Å². The Balaban J connectivity index is 2.17. The number of alkyl halides is 2. The van der Waals surface area contributed by atoms with E-state index < -0.39 is 48.7 Å². The van der Waals surface area contributed by atoms with E-state index in [1.165, 1.54) is 0 Å². The van der Waals surface area contributed by atoms with Crippen molar-refractivity contribution in [3.63, 3.8) is 0 Å². The molecule has 2 aliphatic rings. The Labute approximate surface area is 139 Å². The second-order valence-electron chi connectivity index (χ2n) is 6.89. The normalized spacial score (nSPS) is 30.0. The number of ketones is 1. The van der Waals surface area contributed by atoms with Crippen LogP contribution in [-0.4, -0.2) is 47.3 Å². The molecule has 2 aliphatic carbocycles. The maximum Gasteiger partial charge on any atom is 0.394 e. The summed E-state index contributed by atoms with van der Waals surface area (Å²) in [5.74, 6) is -0.895. The molecule has 0 aromatic heterocycles. The predicted molar refractivity (Wildman–Crippen MR) is 79.2 cm³/mol. The summed E-state index contributed by atoms with van der Waals surface area (Å²) < 4.78 is 81.3. The van der Waals surface area contributed by atoms with E-state index in [0.717, 1.165) is 0 Å². The van der Waals surface area contributed by atoms with Gasteiger partial charge in [0.15, 0.2) is 0 Å². The Morgan fingerprint density at radius 3 is 2.25 bits per heavy atom. The van der Waals surface area contributed by atoms with Gasteiger partial charge in [-0.25, -0.2) is 0 Å². The van der Waals surface area contributed by atoms with E-state index >= 15 is 0 Å². The first kappa shape index (κ1) is 19.7. The molecule has 0 heterocycles. The van der Waals surface area contributed by atoms with Crippen LogP contribution in [0.15, 0.2) is 0 Å². The summed E-state index contributed by atoms with van der Waals surface area (Å²) in [6.45, 7) is 1.68. The van der Waals surface area contributed by atoms with Crippen molar-refractivity contribution in [2.75, 3.05) is 19.5 Å². The molecule has 2 unspecified atom stereocenters. The van der Waals surface area contributed by atoms with Crippen molar-refractivity contribution in [1.29, 1.82) is 0 Å². The lowest BCUT2D eigenvalue weighted by molar-refractivity contribution is -0.128. The molecule has 2 atom stereocenters. The van der Waals surface area contributed by atoms with Crippen LogP contribution in [0.1, 0.15) is 33.1 Å². The fraction of sp³-hybridized carbons (Fsp3) is 0.923. The molecular weight excluding hydrogens is 370 g/mol. The Bertz CT molecular complexity index is 742.